The summed E-state index contributed by atoms with van der Waals surface area (Å²) in [6, 6.07) is 2.50. The second-order valence-corrected chi connectivity index (χ2v) is 4.96. The fourth-order valence-electron chi connectivity index (χ4n) is 2.49. The minimum absolute atomic E-state index is 0.0561. The SMILES string of the molecule is CCCC(C#N)C(=O)N1CCCC1C(C)C. The van der Waals surface area contributed by atoms with E-state index >= 15 is 0 Å². The molecule has 0 spiro atoms. The van der Waals surface area contributed by atoms with Crippen molar-refractivity contribution in [2.75, 3.05) is 6.54 Å². The monoisotopic (exact) mass is 222 g/mol. The van der Waals surface area contributed by atoms with Crippen molar-refractivity contribution in [1.82, 2.24) is 4.90 Å². The standard InChI is InChI=1S/C13H22N2O/c1-4-6-11(9-14)13(16)15-8-5-7-12(15)10(2)3/h10-12H,4-8H2,1-3H3. The van der Waals surface area contributed by atoms with Gasteiger partial charge in [-0.1, -0.05) is 27.2 Å². The summed E-state index contributed by atoms with van der Waals surface area (Å²) >= 11 is 0. The van der Waals surface area contributed by atoms with Gasteiger partial charge in [-0.05, 0) is 25.2 Å². The Bertz CT molecular complexity index is 280. The molecule has 0 aromatic heterocycles. The average molecular weight is 222 g/mol. The highest BCUT2D eigenvalue weighted by Crippen LogP contribution is 2.26. The van der Waals surface area contributed by atoms with Gasteiger partial charge in [0.25, 0.3) is 0 Å². The number of rotatable bonds is 4. The third-order valence-electron chi connectivity index (χ3n) is 3.38. The Morgan fingerprint density at radius 3 is 2.75 bits per heavy atom. The van der Waals surface area contributed by atoms with Crippen LogP contribution >= 0.6 is 0 Å². The van der Waals surface area contributed by atoms with Crippen LogP contribution in [0, 0.1) is 23.2 Å². The highest BCUT2D eigenvalue weighted by atomic mass is 16.2. The van der Waals surface area contributed by atoms with Gasteiger partial charge in [0, 0.05) is 12.6 Å². The van der Waals surface area contributed by atoms with E-state index in [0.717, 1.165) is 25.8 Å². The van der Waals surface area contributed by atoms with Crippen LogP contribution in [-0.2, 0) is 4.79 Å². The molecule has 0 N–H and O–H groups in total. The first-order chi connectivity index (χ1) is 7.61. The molecule has 2 atom stereocenters. The van der Waals surface area contributed by atoms with Gasteiger partial charge >= 0.3 is 0 Å². The van der Waals surface area contributed by atoms with E-state index < -0.39 is 5.92 Å². The topological polar surface area (TPSA) is 44.1 Å². The van der Waals surface area contributed by atoms with Crippen LogP contribution in [0.4, 0.5) is 0 Å². The Hall–Kier alpha value is -1.04. The lowest BCUT2D eigenvalue weighted by Gasteiger charge is -2.29. The summed E-state index contributed by atoms with van der Waals surface area (Å²) in [5.41, 5.74) is 0. The normalized spacial score (nSPS) is 22.2. The van der Waals surface area contributed by atoms with Crippen molar-refractivity contribution in [3.8, 4) is 6.07 Å². The van der Waals surface area contributed by atoms with Gasteiger partial charge in [-0.2, -0.15) is 5.26 Å². The Labute approximate surface area is 98.4 Å². The van der Waals surface area contributed by atoms with Crippen LogP contribution in [0.25, 0.3) is 0 Å². The van der Waals surface area contributed by atoms with Gasteiger partial charge in [-0.25, -0.2) is 0 Å². The molecule has 1 fully saturated rings. The zero-order chi connectivity index (χ0) is 12.1. The first-order valence-electron chi connectivity index (χ1n) is 6.31. The maximum Gasteiger partial charge on any atom is 0.240 e. The molecule has 0 bridgehead atoms. The van der Waals surface area contributed by atoms with E-state index in [1.54, 1.807) is 0 Å². The number of nitrogens with zero attached hydrogens (tertiary/aromatic N) is 2. The smallest absolute Gasteiger partial charge is 0.240 e. The van der Waals surface area contributed by atoms with Crippen LogP contribution in [0.5, 0.6) is 0 Å². The molecule has 1 amide bonds. The van der Waals surface area contributed by atoms with E-state index in [1.807, 2.05) is 11.8 Å². The van der Waals surface area contributed by atoms with Gasteiger partial charge in [0.15, 0.2) is 0 Å². The summed E-state index contributed by atoms with van der Waals surface area (Å²) in [6.07, 6.45) is 3.76. The molecule has 0 aromatic rings. The van der Waals surface area contributed by atoms with Gasteiger partial charge in [-0.3, -0.25) is 4.79 Å². The summed E-state index contributed by atoms with van der Waals surface area (Å²) < 4.78 is 0. The van der Waals surface area contributed by atoms with Gasteiger partial charge in [-0.15, -0.1) is 0 Å². The lowest BCUT2D eigenvalue weighted by molar-refractivity contribution is -0.135. The van der Waals surface area contributed by atoms with Crippen molar-refractivity contribution < 1.29 is 4.79 Å². The van der Waals surface area contributed by atoms with Crippen molar-refractivity contribution in [2.24, 2.45) is 11.8 Å². The fraction of sp³-hybridized carbons (Fsp3) is 0.846. The van der Waals surface area contributed by atoms with Crippen LogP contribution in [0.1, 0.15) is 46.5 Å². The molecule has 0 radical (unpaired) electrons. The van der Waals surface area contributed by atoms with E-state index in [4.69, 9.17) is 5.26 Å². The number of amides is 1. The molecule has 90 valence electrons. The highest BCUT2D eigenvalue weighted by molar-refractivity contribution is 5.81. The maximum absolute atomic E-state index is 12.2. The van der Waals surface area contributed by atoms with Crippen LogP contribution in [-0.4, -0.2) is 23.4 Å². The number of carbonyl (C=O) groups is 1. The first-order valence-corrected chi connectivity index (χ1v) is 6.31. The Morgan fingerprint density at radius 1 is 1.56 bits per heavy atom. The molecule has 3 nitrogen and oxygen atoms in total. The van der Waals surface area contributed by atoms with Crippen molar-refractivity contribution >= 4 is 5.91 Å². The predicted molar refractivity (Wildman–Crippen MR) is 63.6 cm³/mol. The second kappa shape index (κ2) is 5.89. The molecule has 1 aliphatic rings. The van der Waals surface area contributed by atoms with Gasteiger partial charge in [0.2, 0.25) is 5.91 Å². The van der Waals surface area contributed by atoms with Crippen LogP contribution < -0.4 is 0 Å². The van der Waals surface area contributed by atoms with Crippen molar-refractivity contribution in [2.45, 2.75) is 52.5 Å². The van der Waals surface area contributed by atoms with E-state index in [2.05, 4.69) is 19.9 Å². The number of nitriles is 1. The van der Waals surface area contributed by atoms with Crippen LogP contribution in [0.15, 0.2) is 0 Å². The molecule has 0 aromatic carbocycles. The summed E-state index contributed by atoms with van der Waals surface area (Å²) in [5, 5.41) is 9.02. The molecular weight excluding hydrogens is 200 g/mol. The number of carbonyl (C=O) groups excluding carboxylic acids is 1. The zero-order valence-corrected chi connectivity index (χ0v) is 10.6. The van der Waals surface area contributed by atoms with Gasteiger partial charge < -0.3 is 4.90 Å². The molecular formula is C13H22N2O. The first kappa shape index (κ1) is 13.0. The quantitative estimate of drug-likeness (QED) is 0.733. The predicted octanol–water partition coefficient (Wildman–Crippen LogP) is 2.57. The van der Waals surface area contributed by atoms with Gasteiger partial charge in [0.05, 0.1) is 6.07 Å². The summed E-state index contributed by atoms with van der Waals surface area (Å²) in [6.45, 7) is 7.15. The number of hydrogen-bond donors (Lipinski definition) is 0. The largest absolute Gasteiger partial charge is 0.338 e. The Morgan fingerprint density at radius 2 is 2.25 bits per heavy atom. The molecule has 0 aliphatic carbocycles. The molecule has 2 unspecified atom stereocenters. The Kier molecular flexibility index (Phi) is 4.79. The fourth-order valence-corrected chi connectivity index (χ4v) is 2.49. The molecule has 1 rings (SSSR count). The van der Waals surface area contributed by atoms with E-state index in [0.29, 0.717) is 18.4 Å². The molecule has 3 heteroatoms. The maximum atomic E-state index is 12.2. The van der Waals surface area contributed by atoms with E-state index in [9.17, 15) is 4.79 Å². The molecule has 0 saturated carbocycles. The van der Waals surface area contributed by atoms with Crippen molar-refractivity contribution in [1.29, 1.82) is 5.26 Å². The molecule has 1 heterocycles. The minimum atomic E-state index is -0.427. The second-order valence-electron chi connectivity index (χ2n) is 4.96. The van der Waals surface area contributed by atoms with Crippen molar-refractivity contribution in [3.05, 3.63) is 0 Å². The molecule has 16 heavy (non-hydrogen) atoms. The van der Waals surface area contributed by atoms with E-state index in [1.165, 1.54) is 0 Å². The summed E-state index contributed by atoms with van der Waals surface area (Å²) in [4.78, 5) is 14.1. The highest BCUT2D eigenvalue weighted by Gasteiger charge is 2.34. The zero-order valence-electron chi connectivity index (χ0n) is 10.6. The number of hydrogen-bond acceptors (Lipinski definition) is 2. The average Bonchev–Trinajstić information content (AvgIpc) is 2.73. The lowest BCUT2D eigenvalue weighted by atomic mass is 9.99. The van der Waals surface area contributed by atoms with Crippen LogP contribution in [0.2, 0.25) is 0 Å². The lowest BCUT2D eigenvalue weighted by Crippen LogP contribution is -2.41. The van der Waals surface area contributed by atoms with E-state index in [-0.39, 0.29) is 5.91 Å². The molecule has 1 saturated heterocycles. The summed E-state index contributed by atoms with van der Waals surface area (Å²) in [7, 11) is 0. The third-order valence-corrected chi connectivity index (χ3v) is 3.38. The van der Waals surface area contributed by atoms with Gasteiger partial charge in [0.1, 0.15) is 5.92 Å². The van der Waals surface area contributed by atoms with Crippen molar-refractivity contribution in [3.63, 3.8) is 0 Å². The molecule has 1 aliphatic heterocycles. The van der Waals surface area contributed by atoms with Crippen LogP contribution in [0.3, 0.4) is 0 Å². The Balaban J connectivity index is 2.68. The number of likely N-dealkylation sites (tertiary alicyclic amines) is 1. The minimum Gasteiger partial charge on any atom is -0.338 e. The summed E-state index contributed by atoms with van der Waals surface area (Å²) in [5.74, 6) is 0.123. The third kappa shape index (κ3) is 2.75.